The lowest BCUT2D eigenvalue weighted by Gasteiger charge is -2.32. The number of benzene rings is 2. The standard InChI is InChI=1S/C26H35N3O2/c1-21-6-2-3-9-24(21)19-29-11-5-10-25(20-29)26(30)27-17-22-7-4-8-23(16-22)18-28-12-14-31-15-13-28/h2-4,6-9,16,25H,5,10-15,17-20H2,1H3,(H,27,30). The Balaban J connectivity index is 1.27. The summed E-state index contributed by atoms with van der Waals surface area (Å²) in [6.07, 6.45) is 2.06. The van der Waals surface area contributed by atoms with Gasteiger partial charge in [-0.1, -0.05) is 48.5 Å². The first-order valence-corrected chi connectivity index (χ1v) is 11.6. The fraction of sp³-hybridized carbons (Fsp3) is 0.500. The number of aryl methyl sites for hydroxylation is 1. The third-order valence-electron chi connectivity index (χ3n) is 6.50. The van der Waals surface area contributed by atoms with Crippen LogP contribution in [0.1, 0.15) is 35.1 Å². The number of hydrogen-bond donors (Lipinski definition) is 1. The molecule has 5 nitrogen and oxygen atoms in total. The number of likely N-dealkylation sites (tertiary alicyclic amines) is 1. The van der Waals surface area contributed by atoms with Gasteiger partial charge >= 0.3 is 0 Å². The Morgan fingerprint density at radius 2 is 1.81 bits per heavy atom. The molecule has 2 aromatic rings. The molecule has 0 aromatic heterocycles. The van der Waals surface area contributed by atoms with Crippen LogP contribution >= 0.6 is 0 Å². The second-order valence-electron chi connectivity index (χ2n) is 8.93. The van der Waals surface area contributed by atoms with E-state index < -0.39 is 0 Å². The maximum Gasteiger partial charge on any atom is 0.224 e. The van der Waals surface area contributed by atoms with E-state index in [2.05, 4.69) is 70.6 Å². The number of carbonyl (C=O) groups is 1. The van der Waals surface area contributed by atoms with Crippen molar-refractivity contribution in [2.75, 3.05) is 39.4 Å². The van der Waals surface area contributed by atoms with Crippen molar-refractivity contribution < 1.29 is 9.53 Å². The van der Waals surface area contributed by atoms with Crippen molar-refractivity contribution in [3.8, 4) is 0 Å². The van der Waals surface area contributed by atoms with E-state index in [9.17, 15) is 4.79 Å². The molecule has 0 radical (unpaired) electrons. The van der Waals surface area contributed by atoms with Crippen molar-refractivity contribution in [1.29, 1.82) is 0 Å². The Labute approximate surface area is 186 Å². The molecular formula is C26H35N3O2. The molecule has 166 valence electrons. The SMILES string of the molecule is Cc1ccccc1CN1CCCC(C(=O)NCc2cccc(CN3CCOCC3)c2)C1. The van der Waals surface area contributed by atoms with Crippen LogP contribution < -0.4 is 5.32 Å². The molecule has 0 saturated carbocycles. The number of hydrogen-bond acceptors (Lipinski definition) is 4. The number of piperidine rings is 1. The molecule has 2 saturated heterocycles. The van der Waals surface area contributed by atoms with Crippen LogP contribution in [0.5, 0.6) is 0 Å². The summed E-state index contributed by atoms with van der Waals surface area (Å²) in [5.74, 6) is 0.266. The normalized spacial score (nSPS) is 20.5. The van der Waals surface area contributed by atoms with Gasteiger partial charge in [-0.05, 0) is 48.6 Å². The predicted octanol–water partition coefficient (Wildman–Crippen LogP) is 3.36. The summed E-state index contributed by atoms with van der Waals surface area (Å²) in [7, 11) is 0. The van der Waals surface area contributed by atoms with Crippen molar-refractivity contribution in [2.24, 2.45) is 5.92 Å². The quantitative estimate of drug-likeness (QED) is 0.745. The first-order valence-electron chi connectivity index (χ1n) is 11.6. The summed E-state index contributed by atoms with van der Waals surface area (Å²) in [4.78, 5) is 17.7. The van der Waals surface area contributed by atoms with Crippen molar-refractivity contribution in [3.05, 3.63) is 70.8 Å². The minimum absolute atomic E-state index is 0.0781. The van der Waals surface area contributed by atoms with E-state index in [1.807, 2.05) is 0 Å². The molecule has 0 spiro atoms. The lowest BCUT2D eigenvalue weighted by atomic mass is 9.96. The zero-order chi connectivity index (χ0) is 21.5. The van der Waals surface area contributed by atoms with Crippen LogP contribution in [-0.2, 0) is 29.2 Å². The van der Waals surface area contributed by atoms with Gasteiger partial charge in [-0.15, -0.1) is 0 Å². The molecule has 2 aliphatic rings. The second kappa shape index (κ2) is 10.9. The van der Waals surface area contributed by atoms with Gasteiger partial charge in [0.1, 0.15) is 0 Å². The second-order valence-corrected chi connectivity index (χ2v) is 8.93. The minimum atomic E-state index is 0.0781. The highest BCUT2D eigenvalue weighted by Crippen LogP contribution is 2.20. The average Bonchev–Trinajstić information content (AvgIpc) is 2.80. The van der Waals surface area contributed by atoms with Gasteiger partial charge in [-0.3, -0.25) is 14.6 Å². The van der Waals surface area contributed by atoms with Crippen LogP contribution in [0.3, 0.4) is 0 Å². The fourth-order valence-corrected chi connectivity index (χ4v) is 4.63. The largest absolute Gasteiger partial charge is 0.379 e. The Bertz CT molecular complexity index is 863. The van der Waals surface area contributed by atoms with E-state index in [0.29, 0.717) is 6.54 Å². The molecular weight excluding hydrogens is 386 g/mol. The van der Waals surface area contributed by atoms with Crippen LogP contribution in [0.15, 0.2) is 48.5 Å². The van der Waals surface area contributed by atoms with Gasteiger partial charge in [0.25, 0.3) is 0 Å². The zero-order valence-corrected chi connectivity index (χ0v) is 18.7. The Morgan fingerprint density at radius 1 is 1.00 bits per heavy atom. The van der Waals surface area contributed by atoms with E-state index in [-0.39, 0.29) is 11.8 Å². The molecule has 2 heterocycles. The van der Waals surface area contributed by atoms with Gasteiger partial charge in [0.15, 0.2) is 0 Å². The van der Waals surface area contributed by atoms with Gasteiger partial charge in [-0.2, -0.15) is 0 Å². The van der Waals surface area contributed by atoms with Crippen molar-refractivity contribution in [3.63, 3.8) is 0 Å². The van der Waals surface area contributed by atoms with E-state index in [4.69, 9.17) is 4.74 Å². The van der Waals surface area contributed by atoms with Gasteiger partial charge in [0.05, 0.1) is 19.1 Å². The molecule has 31 heavy (non-hydrogen) atoms. The number of rotatable bonds is 7. The lowest BCUT2D eigenvalue weighted by molar-refractivity contribution is -0.126. The van der Waals surface area contributed by atoms with Crippen LogP contribution in [0.2, 0.25) is 0 Å². The topological polar surface area (TPSA) is 44.8 Å². The summed E-state index contributed by atoms with van der Waals surface area (Å²) in [6, 6.07) is 17.1. The number of carbonyl (C=O) groups excluding carboxylic acids is 1. The van der Waals surface area contributed by atoms with Gasteiger partial charge in [-0.25, -0.2) is 0 Å². The lowest BCUT2D eigenvalue weighted by Crippen LogP contribution is -2.42. The van der Waals surface area contributed by atoms with E-state index >= 15 is 0 Å². The first kappa shape index (κ1) is 22.0. The third-order valence-corrected chi connectivity index (χ3v) is 6.50. The van der Waals surface area contributed by atoms with Crippen molar-refractivity contribution in [1.82, 2.24) is 15.1 Å². The number of ether oxygens (including phenoxy) is 1. The van der Waals surface area contributed by atoms with Crippen LogP contribution in [0, 0.1) is 12.8 Å². The molecule has 1 amide bonds. The summed E-state index contributed by atoms with van der Waals surface area (Å²) in [5, 5.41) is 3.20. The van der Waals surface area contributed by atoms with E-state index in [1.54, 1.807) is 0 Å². The smallest absolute Gasteiger partial charge is 0.224 e. The highest BCUT2D eigenvalue weighted by atomic mass is 16.5. The zero-order valence-electron chi connectivity index (χ0n) is 18.7. The summed E-state index contributed by atoms with van der Waals surface area (Å²) >= 11 is 0. The molecule has 0 aliphatic carbocycles. The summed E-state index contributed by atoms with van der Waals surface area (Å²) in [6.45, 7) is 10.2. The Kier molecular flexibility index (Phi) is 7.73. The highest BCUT2D eigenvalue weighted by Gasteiger charge is 2.25. The van der Waals surface area contributed by atoms with Crippen LogP contribution in [0.4, 0.5) is 0 Å². The molecule has 2 fully saturated rings. The predicted molar refractivity (Wildman–Crippen MR) is 124 cm³/mol. The molecule has 2 aliphatic heterocycles. The third kappa shape index (κ3) is 6.39. The maximum atomic E-state index is 12.9. The van der Waals surface area contributed by atoms with Crippen molar-refractivity contribution in [2.45, 2.75) is 39.4 Å². The van der Waals surface area contributed by atoms with Gasteiger partial charge < -0.3 is 10.1 Å². The van der Waals surface area contributed by atoms with E-state index in [1.165, 1.54) is 22.3 Å². The van der Waals surface area contributed by atoms with E-state index in [0.717, 1.165) is 65.3 Å². The Hall–Kier alpha value is -2.21. The summed E-state index contributed by atoms with van der Waals surface area (Å²) < 4.78 is 5.44. The number of amides is 1. The van der Waals surface area contributed by atoms with Gasteiger partial charge in [0, 0.05) is 39.3 Å². The Morgan fingerprint density at radius 3 is 2.65 bits per heavy atom. The highest BCUT2D eigenvalue weighted by molar-refractivity contribution is 5.79. The molecule has 5 heteroatoms. The molecule has 1 atom stereocenters. The molecule has 1 unspecified atom stereocenters. The summed E-state index contributed by atoms with van der Waals surface area (Å²) in [5.41, 5.74) is 5.16. The average molecular weight is 422 g/mol. The van der Waals surface area contributed by atoms with Crippen LogP contribution in [-0.4, -0.2) is 55.1 Å². The minimum Gasteiger partial charge on any atom is -0.379 e. The van der Waals surface area contributed by atoms with Gasteiger partial charge in [0.2, 0.25) is 5.91 Å². The van der Waals surface area contributed by atoms with Crippen molar-refractivity contribution >= 4 is 5.91 Å². The molecule has 1 N–H and O–H groups in total. The fourth-order valence-electron chi connectivity index (χ4n) is 4.63. The molecule has 2 aromatic carbocycles. The first-order chi connectivity index (χ1) is 15.2. The maximum absolute atomic E-state index is 12.9. The number of morpholine rings is 1. The number of nitrogens with zero attached hydrogens (tertiary/aromatic N) is 2. The number of nitrogens with one attached hydrogen (secondary N) is 1. The molecule has 4 rings (SSSR count). The molecule has 0 bridgehead atoms. The van der Waals surface area contributed by atoms with Crippen LogP contribution in [0.25, 0.3) is 0 Å². The monoisotopic (exact) mass is 421 g/mol.